The normalized spacial score (nSPS) is 11.0. The number of ether oxygens (including phenoxy) is 2. The van der Waals surface area contributed by atoms with E-state index in [1.807, 2.05) is 80.1 Å². The van der Waals surface area contributed by atoms with Crippen molar-refractivity contribution in [1.29, 1.82) is 0 Å². The van der Waals surface area contributed by atoms with Gasteiger partial charge in [0.25, 0.3) is 5.91 Å². The molecule has 0 atom stereocenters. The zero-order valence-electron chi connectivity index (χ0n) is 20.7. The van der Waals surface area contributed by atoms with Crippen LogP contribution in [0.4, 0.5) is 5.00 Å². The summed E-state index contributed by atoms with van der Waals surface area (Å²) in [5, 5.41) is 6.35. The molecule has 0 spiro atoms. The first-order valence-corrected chi connectivity index (χ1v) is 12.7. The molecule has 6 nitrogen and oxygen atoms in total. The monoisotopic (exact) mass is 490 g/mol. The Balaban J connectivity index is 1.76. The van der Waals surface area contributed by atoms with Gasteiger partial charge in [-0.2, -0.15) is 0 Å². The largest absolute Gasteiger partial charge is 0.494 e. The van der Waals surface area contributed by atoms with Crippen molar-refractivity contribution in [3.63, 3.8) is 0 Å². The molecule has 2 heterocycles. The summed E-state index contributed by atoms with van der Waals surface area (Å²) in [5.41, 5.74) is 5.56. The van der Waals surface area contributed by atoms with E-state index in [-0.39, 0.29) is 12.5 Å². The number of benzene rings is 2. The summed E-state index contributed by atoms with van der Waals surface area (Å²) in [6.45, 7) is 11.1. The quantitative estimate of drug-likeness (QED) is 0.275. The number of amides is 1. The van der Waals surface area contributed by atoms with Crippen molar-refractivity contribution in [3.05, 3.63) is 70.2 Å². The summed E-state index contributed by atoms with van der Waals surface area (Å²) < 4.78 is 13.0. The zero-order valence-corrected chi connectivity index (χ0v) is 21.5. The lowest BCUT2D eigenvalue weighted by Crippen LogP contribution is -2.19. The molecule has 182 valence electrons. The van der Waals surface area contributed by atoms with Crippen molar-refractivity contribution < 1.29 is 19.1 Å². The van der Waals surface area contributed by atoms with Gasteiger partial charge in [-0.1, -0.05) is 29.8 Å². The van der Waals surface area contributed by atoms with Gasteiger partial charge in [-0.05, 0) is 63.9 Å². The minimum atomic E-state index is -0.450. The molecule has 0 aliphatic heterocycles. The summed E-state index contributed by atoms with van der Waals surface area (Å²) >= 11 is 1.33. The Morgan fingerprint density at radius 2 is 1.74 bits per heavy atom. The molecular weight excluding hydrogens is 460 g/mol. The van der Waals surface area contributed by atoms with Crippen LogP contribution in [0.25, 0.3) is 22.0 Å². The molecule has 4 aromatic rings. The fourth-order valence-corrected chi connectivity index (χ4v) is 5.30. The highest BCUT2D eigenvalue weighted by Gasteiger charge is 2.26. The van der Waals surface area contributed by atoms with Crippen LogP contribution < -0.4 is 10.1 Å². The van der Waals surface area contributed by atoms with E-state index in [1.165, 1.54) is 11.3 Å². The minimum Gasteiger partial charge on any atom is -0.494 e. The molecule has 0 unspecified atom stereocenters. The molecule has 2 aromatic carbocycles. The van der Waals surface area contributed by atoms with E-state index >= 15 is 0 Å². The lowest BCUT2D eigenvalue weighted by molar-refractivity contribution is 0.0529. The third-order valence-electron chi connectivity index (χ3n) is 5.99. The number of thiophene rings is 1. The highest BCUT2D eigenvalue weighted by atomic mass is 32.1. The Morgan fingerprint density at radius 1 is 1.00 bits per heavy atom. The van der Waals surface area contributed by atoms with Crippen LogP contribution in [0.5, 0.6) is 5.75 Å². The molecule has 0 fully saturated rings. The number of carbonyl (C=O) groups is 2. The first-order chi connectivity index (χ1) is 16.9. The molecule has 0 aliphatic carbocycles. The maximum absolute atomic E-state index is 13.6. The molecule has 0 bridgehead atoms. The first-order valence-electron chi connectivity index (χ1n) is 11.8. The predicted octanol–water partition coefficient (Wildman–Crippen LogP) is 6.83. The van der Waals surface area contributed by atoms with Crippen molar-refractivity contribution in [3.8, 4) is 16.9 Å². The average Bonchev–Trinajstić information content (AvgIpc) is 3.38. The maximum atomic E-state index is 13.6. The van der Waals surface area contributed by atoms with Crippen LogP contribution in [-0.2, 0) is 11.3 Å². The number of aryl methyl sites for hydroxylation is 3. The Labute approximate surface area is 209 Å². The van der Waals surface area contributed by atoms with Gasteiger partial charge in [0.2, 0.25) is 0 Å². The smallest absolute Gasteiger partial charge is 0.341 e. The van der Waals surface area contributed by atoms with Crippen LogP contribution in [-0.4, -0.2) is 29.7 Å². The molecule has 0 radical (unpaired) electrons. The second kappa shape index (κ2) is 10.4. The molecule has 7 heteroatoms. The molecular formula is C28H30N2O4S. The minimum absolute atomic E-state index is 0.251. The number of rotatable bonds is 8. The summed E-state index contributed by atoms with van der Waals surface area (Å²) in [5.74, 6) is 0.0593. The Kier molecular flexibility index (Phi) is 7.26. The zero-order chi connectivity index (χ0) is 25.1. The standard InChI is InChI=1S/C28H30N2O4S/c1-6-30-23-14-13-20(33-7-2)15-21(23)18(5)25(30)26(31)29-27-24(28(32)34-8-3)22(16-35-27)19-11-9-17(4)10-12-19/h9-16H,6-8H2,1-5H3,(H,29,31). The van der Waals surface area contributed by atoms with Crippen molar-refractivity contribution in [2.45, 2.75) is 41.2 Å². The summed E-state index contributed by atoms with van der Waals surface area (Å²) in [7, 11) is 0. The number of hydrogen-bond donors (Lipinski definition) is 1. The van der Waals surface area contributed by atoms with Gasteiger partial charge in [0.1, 0.15) is 22.0 Å². The van der Waals surface area contributed by atoms with Crippen molar-refractivity contribution in [1.82, 2.24) is 4.57 Å². The average molecular weight is 491 g/mol. The van der Waals surface area contributed by atoms with E-state index in [9.17, 15) is 9.59 Å². The second-order valence-electron chi connectivity index (χ2n) is 8.22. The summed E-state index contributed by atoms with van der Waals surface area (Å²) in [6.07, 6.45) is 0. The first kappa shape index (κ1) is 24.5. The lowest BCUT2D eigenvalue weighted by Gasteiger charge is -2.11. The van der Waals surface area contributed by atoms with Crippen LogP contribution in [0.2, 0.25) is 0 Å². The van der Waals surface area contributed by atoms with Crippen LogP contribution in [0.3, 0.4) is 0 Å². The van der Waals surface area contributed by atoms with E-state index in [2.05, 4.69) is 5.32 Å². The molecule has 0 saturated heterocycles. The van der Waals surface area contributed by atoms with Crippen molar-refractivity contribution in [2.24, 2.45) is 0 Å². The molecule has 1 N–H and O–H groups in total. The van der Waals surface area contributed by atoms with Crippen LogP contribution >= 0.6 is 11.3 Å². The SMILES string of the molecule is CCOC(=O)c1c(-c2ccc(C)cc2)csc1NC(=O)c1c(C)c2cc(OCC)ccc2n1CC. The van der Waals surface area contributed by atoms with Gasteiger partial charge >= 0.3 is 5.97 Å². The van der Waals surface area contributed by atoms with Crippen LogP contribution in [0.15, 0.2) is 47.8 Å². The predicted molar refractivity (Wildman–Crippen MR) is 142 cm³/mol. The van der Waals surface area contributed by atoms with Crippen molar-refractivity contribution in [2.75, 3.05) is 18.5 Å². The van der Waals surface area contributed by atoms with Crippen LogP contribution in [0.1, 0.15) is 52.7 Å². The second-order valence-corrected chi connectivity index (χ2v) is 9.10. The third kappa shape index (κ3) is 4.68. The van der Waals surface area contributed by atoms with E-state index in [4.69, 9.17) is 9.47 Å². The van der Waals surface area contributed by atoms with Gasteiger partial charge in [0, 0.05) is 28.4 Å². The number of anilines is 1. The number of nitrogens with zero attached hydrogens (tertiary/aromatic N) is 1. The Hall–Kier alpha value is -3.58. The molecule has 4 rings (SSSR count). The molecule has 0 aliphatic rings. The molecule has 1 amide bonds. The van der Waals surface area contributed by atoms with Gasteiger partial charge in [-0.15, -0.1) is 11.3 Å². The number of fused-ring (bicyclic) bond motifs is 1. The van der Waals surface area contributed by atoms with E-state index in [1.54, 1.807) is 6.92 Å². The van der Waals surface area contributed by atoms with E-state index in [0.717, 1.165) is 38.9 Å². The molecule has 2 aromatic heterocycles. The molecule has 0 saturated carbocycles. The van der Waals surface area contributed by atoms with Gasteiger partial charge in [0.15, 0.2) is 0 Å². The highest BCUT2D eigenvalue weighted by Crippen LogP contribution is 2.37. The summed E-state index contributed by atoms with van der Waals surface area (Å²) in [4.78, 5) is 26.6. The number of hydrogen-bond acceptors (Lipinski definition) is 5. The fourth-order valence-electron chi connectivity index (χ4n) is 4.34. The van der Waals surface area contributed by atoms with Gasteiger partial charge in [-0.3, -0.25) is 4.79 Å². The van der Waals surface area contributed by atoms with Gasteiger partial charge in [0.05, 0.1) is 13.2 Å². The Morgan fingerprint density at radius 3 is 2.40 bits per heavy atom. The maximum Gasteiger partial charge on any atom is 0.341 e. The topological polar surface area (TPSA) is 69.6 Å². The fraction of sp³-hybridized carbons (Fsp3) is 0.286. The van der Waals surface area contributed by atoms with Gasteiger partial charge < -0.3 is 19.4 Å². The van der Waals surface area contributed by atoms with Crippen LogP contribution in [0, 0.1) is 13.8 Å². The van der Waals surface area contributed by atoms with E-state index < -0.39 is 5.97 Å². The van der Waals surface area contributed by atoms with Gasteiger partial charge in [-0.25, -0.2) is 4.79 Å². The number of carbonyl (C=O) groups excluding carboxylic acids is 2. The number of aromatic nitrogens is 1. The number of nitrogens with one attached hydrogen (secondary N) is 1. The number of esters is 1. The lowest BCUT2D eigenvalue weighted by atomic mass is 10.0. The third-order valence-corrected chi connectivity index (χ3v) is 6.89. The summed E-state index contributed by atoms with van der Waals surface area (Å²) in [6, 6.07) is 13.8. The van der Waals surface area contributed by atoms with Crippen molar-refractivity contribution >= 4 is 39.1 Å². The molecule has 35 heavy (non-hydrogen) atoms. The Bertz CT molecular complexity index is 1380. The van der Waals surface area contributed by atoms with E-state index in [0.29, 0.717) is 29.4 Å². The highest BCUT2D eigenvalue weighted by molar-refractivity contribution is 7.15.